The lowest BCUT2D eigenvalue weighted by atomic mass is 9.94. The van der Waals surface area contributed by atoms with Gasteiger partial charge in [-0.2, -0.15) is 0 Å². The maximum atomic E-state index is 12.5. The van der Waals surface area contributed by atoms with Crippen LogP contribution in [0.3, 0.4) is 0 Å². The Morgan fingerprint density at radius 3 is 2.37 bits per heavy atom. The van der Waals surface area contributed by atoms with Gasteiger partial charge in [0.2, 0.25) is 5.91 Å². The van der Waals surface area contributed by atoms with Gasteiger partial charge in [-0.05, 0) is 48.7 Å². The van der Waals surface area contributed by atoms with Gasteiger partial charge >= 0.3 is 5.97 Å². The molecule has 1 heterocycles. The number of ether oxygens (including phenoxy) is 1. The molecule has 0 unspecified atom stereocenters. The molecule has 2 aromatic rings. The van der Waals surface area contributed by atoms with Gasteiger partial charge in [0.1, 0.15) is 6.04 Å². The van der Waals surface area contributed by atoms with E-state index in [0.717, 1.165) is 11.1 Å². The van der Waals surface area contributed by atoms with Crippen LogP contribution < -0.4 is 5.32 Å². The zero-order valence-corrected chi connectivity index (χ0v) is 15.4. The molecule has 3 rings (SSSR count). The number of hydrogen-bond acceptors (Lipinski definition) is 5. The smallest absolute Gasteiger partial charge is 0.323 e. The Balaban J connectivity index is 1.71. The van der Waals surface area contributed by atoms with E-state index < -0.39 is 6.04 Å². The largest absolute Gasteiger partial charge is 0.468 e. The molecule has 1 atom stereocenters. The summed E-state index contributed by atoms with van der Waals surface area (Å²) in [6.45, 7) is 2.07. The number of esters is 1. The molecule has 1 amide bonds. The first-order valence-corrected chi connectivity index (χ1v) is 8.77. The average molecular weight is 366 g/mol. The summed E-state index contributed by atoms with van der Waals surface area (Å²) >= 11 is 0. The van der Waals surface area contributed by atoms with E-state index in [-0.39, 0.29) is 24.2 Å². The molecular formula is C21H22N2O4. The molecule has 2 aromatic carbocycles. The molecule has 0 aromatic heterocycles. The molecule has 6 heteroatoms. The van der Waals surface area contributed by atoms with Crippen molar-refractivity contribution in [3.63, 3.8) is 0 Å². The van der Waals surface area contributed by atoms with Crippen LogP contribution in [0, 0.1) is 0 Å². The van der Waals surface area contributed by atoms with Crippen molar-refractivity contribution in [3.8, 4) is 0 Å². The SMILES string of the molecule is COC(=O)[C@H]1Cc2ccccc2CN1CC(=O)Nc1ccc(C(C)=O)cc1. The molecular weight excluding hydrogens is 344 g/mol. The Labute approximate surface area is 158 Å². The van der Waals surface area contributed by atoms with Crippen LogP contribution in [0.2, 0.25) is 0 Å². The lowest BCUT2D eigenvalue weighted by Crippen LogP contribution is -2.49. The normalized spacial score (nSPS) is 16.3. The van der Waals surface area contributed by atoms with Crippen molar-refractivity contribution >= 4 is 23.3 Å². The first-order valence-electron chi connectivity index (χ1n) is 8.77. The maximum Gasteiger partial charge on any atom is 0.323 e. The Kier molecular flexibility index (Phi) is 5.66. The second-order valence-electron chi connectivity index (χ2n) is 6.60. The summed E-state index contributed by atoms with van der Waals surface area (Å²) in [5.41, 5.74) is 3.41. The molecule has 0 saturated carbocycles. The number of amides is 1. The lowest BCUT2D eigenvalue weighted by molar-refractivity contribution is -0.148. The molecule has 0 saturated heterocycles. The van der Waals surface area contributed by atoms with E-state index in [4.69, 9.17) is 4.74 Å². The van der Waals surface area contributed by atoms with Gasteiger partial charge in [0, 0.05) is 17.8 Å². The molecule has 140 valence electrons. The molecule has 0 fully saturated rings. The zero-order chi connectivity index (χ0) is 19.4. The van der Waals surface area contributed by atoms with Crippen LogP contribution in [0.1, 0.15) is 28.4 Å². The molecule has 6 nitrogen and oxygen atoms in total. The van der Waals surface area contributed by atoms with Crippen LogP contribution in [-0.4, -0.2) is 42.3 Å². The van der Waals surface area contributed by atoms with Crippen LogP contribution in [0.25, 0.3) is 0 Å². The predicted molar refractivity (Wildman–Crippen MR) is 101 cm³/mol. The highest BCUT2D eigenvalue weighted by Gasteiger charge is 2.33. The summed E-state index contributed by atoms with van der Waals surface area (Å²) in [7, 11) is 1.36. The van der Waals surface area contributed by atoms with E-state index in [1.807, 2.05) is 29.2 Å². The summed E-state index contributed by atoms with van der Waals surface area (Å²) in [6.07, 6.45) is 0.517. The summed E-state index contributed by atoms with van der Waals surface area (Å²) in [6, 6.07) is 14.1. The number of methoxy groups -OCH3 is 1. The van der Waals surface area contributed by atoms with E-state index in [0.29, 0.717) is 24.2 Å². The van der Waals surface area contributed by atoms with Gasteiger partial charge in [0.05, 0.1) is 13.7 Å². The third-order valence-corrected chi connectivity index (χ3v) is 4.74. The van der Waals surface area contributed by atoms with Crippen molar-refractivity contribution in [2.75, 3.05) is 19.0 Å². The molecule has 1 N–H and O–H groups in total. The highest BCUT2D eigenvalue weighted by Crippen LogP contribution is 2.24. The first-order chi connectivity index (χ1) is 13.0. The summed E-state index contributed by atoms with van der Waals surface area (Å²) in [5.74, 6) is -0.595. The van der Waals surface area contributed by atoms with Gasteiger partial charge in [0.15, 0.2) is 5.78 Å². The lowest BCUT2D eigenvalue weighted by Gasteiger charge is -2.34. The van der Waals surface area contributed by atoms with Crippen molar-refractivity contribution in [3.05, 3.63) is 65.2 Å². The standard InChI is InChI=1S/C21H22N2O4/c1-14(24)15-7-9-18(10-8-15)22-20(25)13-23-12-17-6-4-3-5-16(17)11-19(23)21(26)27-2/h3-10,19H,11-13H2,1-2H3,(H,22,25)/t19-/m1/s1. The van der Waals surface area contributed by atoms with E-state index in [2.05, 4.69) is 5.32 Å². The second-order valence-corrected chi connectivity index (χ2v) is 6.60. The molecule has 27 heavy (non-hydrogen) atoms. The quantitative estimate of drug-likeness (QED) is 0.650. The number of anilines is 1. The number of fused-ring (bicyclic) bond motifs is 1. The molecule has 0 aliphatic carbocycles. The molecule has 0 bridgehead atoms. The topological polar surface area (TPSA) is 75.7 Å². The van der Waals surface area contributed by atoms with Crippen molar-refractivity contribution in [1.82, 2.24) is 4.90 Å². The minimum atomic E-state index is -0.490. The fourth-order valence-electron chi connectivity index (χ4n) is 3.29. The van der Waals surface area contributed by atoms with Crippen LogP contribution in [-0.2, 0) is 27.3 Å². The first kappa shape index (κ1) is 18.8. The van der Waals surface area contributed by atoms with Crippen molar-refractivity contribution in [2.45, 2.75) is 25.9 Å². The monoisotopic (exact) mass is 366 g/mol. The molecule has 1 aliphatic heterocycles. The van der Waals surface area contributed by atoms with Gasteiger partial charge in [-0.3, -0.25) is 19.3 Å². The van der Waals surface area contributed by atoms with Gasteiger partial charge in [-0.1, -0.05) is 24.3 Å². The van der Waals surface area contributed by atoms with Crippen molar-refractivity contribution in [1.29, 1.82) is 0 Å². The number of benzene rings is 2. The average Bonchev–Trinajstić information content (AvgIpc) is 2.67. The minimum absolute atomic E-state index is 0.0271. The minimum Gasteiger partial charge on any atom is -0.468 e. The van der Waals surface area contributed by atoms with E-state index in [1.54, 1.807) is 24.3 Å². The summed E-state index contributed by atoms with van der Waals surface area (Å²) in [5, 5.41) is 2.81. The summed E-state index contributed by atoms with van der Waals surface area (Å²) in [4.78, 5) is 37.9. The van der Waals surface area contributed by atoms with Gasteiger partial charge < -0.3 is 10.1 Å². The number of ketones is 1. The highest BCUT2D eigenvalue weighted by molar-refractivity contribution is 5.96. The molecule has 0 radical (unpaired) electrons. The maximum absolute atomic E-state index is 12.5. The van der Waals surface area contributed by atoms with Gasteiger partial charge in [-0.25, -0.2) is 0 Å². The number of carbonyl (C=O) groups is 3. The molecule has 1 aliphatic rings. The van der Waals surface area contributed by atoms with E-state index in [9.17, 15) is 14.4 Å². The number of rotatable bonds is 5. The van der Waals surface area contributed by atoms with Crippen LogP contribution >= 0.6 is 0 Å². The van der Waals surface area contributed by atoms with Crippen LogP contribution in [0.5, 0.6) is 0 Å². The second kappa shape index (κ2) is 8.14. The van der Waals surface area contributed by atoms with Crippen LogP contribution in [0.15, 0.2) is 48.5 Å². The Morgan fingerprint density at radius 1 is 1.07 bits per heavy atom. The van der Waals surface area contributed by atoms with Crippen molar-refractivity contribution in [2.24, 2.45) is 0 Å². The third kappa shape index (κ3) is 4.41. The third-order valence-electron chi connectivity index (χ3n) is 4.74. The van der Waals surface area contributed by atoms with Crippen molar-refractivity contribution < 1.29 is 19.1 Å². The summed E-state index contributed by atoms with van der Waals surface area (Å²) < 4.78 is 4.93. The number of nitrogens with zero attached hydrogens (tertiary/aromatic N) is 1. The number of Topliss-reactive ketones (excluding diaryl/α,β-unsaturated/α-hetero) is 1. The predicted octanol–water partition coefficient (Wildman–Crippen LogP) is 2.43. The van der Waals surface area contributed by atoms with Gasteiger partial charge in [0.25, 0.3) is 0 Å². The number of nitrogens with one attached hydrogen (secondary N) is 1. The van der Waals surface area contributed by atoms with Gasteiger partial charge in [-0.15, -0.1) is 0 Å². The number of carbonyl (C=O) groups excluding carboxylic acids is 3. The fourth-order valence-corrected chi connectivity index (χ4v) is 3.29. The zero-order valence-electron chi connectivity index (χ0n) is 15.4. The van der Waals surface area contributed by atoms with E-state index >= 15 is 0 Å². The number of hydrogen-bond donors (Lipinski definition) is 1. The van der Waals surface area contributed by atoms with Crippen LogP contribution in [0.4, 0.5) is 5.69 Å². The Bertz CT molecular complexity index is 861. The fraction of sp³-hybridized carbons (Fsp3) is 0.286. The Hall–Kier alpha value is -2.99. The highest BCUT2D eigenvalue weighted by atomic mass is 16.5. The van der Waals surface area contributed by atoms with E-state index in [1.165, 1.54) is 14.0 Å². The Morgan fingerprint density at radius 2 is 1.74 bits per heavy atom. The molecule has 0 spiro atoms.